The summed E-state index contributed by atoms with van der Waals surface area (Å²) in [5.41, 5.74) is 4.92. The number of unbranched alkanes of at least 4 members (excludes halogenated alkanes) is 1. The number of pyridine rings is 2. The molecular weight excluding hydrogens is 500 g/mol. The van der Waals surface area contributed by atoms with E-state index in [0.29, 0.717) is 67.9 Å². The van der Waals surface area contributed by atoms with Crippen LogP contribution < -0.4 is 5.32 Å². The zero-order valence-electron chi connectivity index (χ0n) is 21.0. The van der Waals surface area contributed by atoms with Crippen LogP contribution in [-0.4, -0.2) is 41.5 Å². The molecule has 1 unspecified atom stereocenters. The summed E-state index contributed by atoms with van der Waals surface area (Å²) in [6, 6.07) is 12.8. The molecule has 39 heavy (non-hydrogen) atoms. The Morgan fingerprint density at radius 3 is 2.74 bits per heavy atom. The maximum Gasteiger partial charge on any atom is 0.159 e. The molecule has 4 aromatic heterocycles. The van der Waals surface area contributed by atoms with Gasteiger partial charge in [-0.2, -0.15) is 5.10 Å². The van der Waals surface area contributed by atoms with E-state index in [1.165, 1.54) is 18.2 Å². The molecular formula is C29H25F2N7O. The van der Waals surface area contributed by atoms with Crippen LogP contribution in [0.25, 0.3) is 55.8 Å². The number of rotatable bonds is 8. The number of fused-ring (bicyclic) bond motifs is 2. The molecule has 4 N–H and O–H groups in total. The summed E-state index contributed by atoms with van der Waals surface area (Å²) in [5, 5.41) is 21.2. The Hall–Kier alpha value is -4.70. The van der Waals surface area contributed by atoms with Crippen LogP contribution in [0.5, 0.6) is 0 Å². The first-order chi connectivity index (χ1) is 19.0. The van der Waals surface area contributed by atoms with Crippen LogP contribution in [0.4, 0.5) is 14.5 Å². The highest BCUT2D eigenvalue weighted by molar-refractivity contribution is 5.97. The van der Waals surface area contributed by atoms with Crippen molar-refractivity contribution >= 4 is 27.6 Å². The Labute approximate surface area is 222 Å². The molecule has 6 aromatic rings. The van der Waals surface area contributed by atoms with Crippen molar-refractivity contribution in [3.05, 3.63) is 78.8 Å². The number of benzene rings is 2. The van der Waals surface area contributed by atoms with Gasteiger partial charge in [0.25, 0.3) is 0 Å². The molecule has 0 radical (unpaired) electrons. The summed E-state index contributed by atoms with van der Waals surface area (Å²) in [6.07, 6.45) is 6.56. The first-order valence-corrected chi connectivity index (χ1v) is 12.7. The average molecular weight is 526 g/mol. The molecule has 0 bridgehead atoms. The number of aromatic amines is 2. The van der Waals surface area contributed by atoms with Crippen LogP contribution >= 0.6 is 0 Å². The molecule has 8 nitrogen and oxygen atoms in total. The number of aliphatic hydroxyl groups is 1. The topological polar surface area (TPSA) is 115 Å². The lowest BCUT2D eigenvalue weighted by Crippen LogP contribution is -2.18. The molecule has 2 aromatic carbocycles. The minimum absolute atomic E-state index is 0.336. The van der Waals surface area contributed by atoms with Crippen molar-refractivity contribution in [2.45, 2.75) is 32.4 Å². The molecule has 0 aliphatic rings. The average Bonchev–Trinajstić information content (AvgIpc) is 3.55. The number of H-pyrrole nitrogens is 2. The fourth-order valence-electron chi connectivity index (χ4n) is 4.66. The number of aromatic nitrogens is 6. The predicted molar refractivity (Wildman–Crippen MR) is 147 cm³/mol. The Kier molecular flexibility index (Phi) is 6.45. The third-order valence-corrected chi connectivity index (χ3v) is 6.59. The van der Waals surface area contributed by atoms with Crippen molar-refractivity contribution in [1.29, 1.82) is 0 Å². The zero-order valence-corrected chi connectivity index (χ0v) is 21.0. The van der Waals surface area contributed by atoms with Crippen LogP contribution in [0.2, 0.25) is 0 Å². The molecule has 0 fully saturated rings. The van der Waals surface area contributed by atoms with E-state index in [1.54, 1.807) is 48.9 Å². The third kappa shape index (κ3) is 4.82. The largest absolute Gasteiger partial charge is 0.374 e. The number of nitrogens with one attached hydrogen (secondary N) is 3. The fourth-order valence-corrected chi connectivity index (χ4v) is 4.66. The van der Waals surface area contributed by atoms with E-state index in [0.717, 1.165) is 12.8 Å². The number of hydrogen-bond acceptors (Lipinski definition) is 6. The SMILES string of the molecule is CCCCC(O)Nc1cncc(-c2cc3c(-c4nc5c(-c6cccc(F)c6)nccc5[nH]4)n[nH]c3cc2F)c1. The second-order valence-corrected chi connectivity index (χ2v) is 9.37. The van der Waals surface area contributed by atoms with Crippen molar-refractivity contribution in [3.8, 4) is 33.9 Å². The lowest BCUT2D eigenvalue weighted by Gasteiger charge is -2.14. The fraction of sp³-hybridized carbons (Fsp3) is 0.172. The monoisotopic (exact) mass is 525 g/mol. The maximum atomic E-state index is 15.2. The molecule has 0 amide bonds. The van der Waals surface area contributed by atoms with Gasteiger partial charge in [-0.15, -0.1) is 0 Å². The molecule has 10 heteroatoms. The van der Waals surface area contributed by atoms with Gasteiger partial charge in [-0.3, -0.25) is 15.1 Å². The van der Waals surface area contributed by atoms with Crippen molar-refractivity contribution < 1.29 is 13.9 Å². The van der Waals surface area contributed by atoms with Gasteiger partial charge in [-0.25, -0.2) is 13.8 Å². The quantitative estimate of drug-likeness (QED) is 0.170. The maximum absolute atomic E-state index is 15.2. The van der Waals surface area contributed by atoms with Crippen LogP contribution in [0.15, 0.2) is 67.1 Å². The van der Waals surface area contributed by atoms with Crippen LogP contribution in [-0.2, 0) is 0 Å². The van der Waals surface area contributed by atoms with E-state index in [1.807, 2.05) is 0 Å². The Bertz CT molecular complexity index is 1800. The molecule has 0 aliphatic heterocycles. The van der Waals surface area contributed by atoms with E-state index < -0.39 is 12.0 Å². The second-order valence-electron chi connectivity index (χ2n) is 9.37. The van der Waals surface area contributed by atoms with Crippen LogP contribution in [0, 0.1) is 11.6 Å². The zero-order chi connectivity index (χ0) is 26.9. The van der Waals surface area contributed by atoms with Gasteiger partial charge in [0.1, 0.15) is 29.1 Å². The third-order valence-electron chi connectivity index (χ3n) is 6.59. The number of anilines is 1. The van der Waals surface area contributed by atoms with Crippen molar-refractivity contribution in [2.24, 2.45) is 0 Å². The van der Waals surface area contributed by atoms with E-state index in [4.69, 9.17) is 4.98 Å². The standard InChI is InChI=1S/C29H25F2N7O/c1-2-3-7-25(39)34-19-11-17(14-32-15-19)20-12-21-24(13-22(20)31)37-38-27(21)29-35-23-8-9-33-26(28(23)36-29)16-5-4-6-18(30)10-16/h4-6,8-15,25,34,39H,2-3,7H2,1H3,(H,35,36)(H,37,38). The number of aliphatic hydroxyl groups excluding tert-OH is 1. The van der Waals surface area contributed by atoms with Gasteiger partial charge < -0.3 is 15.4 Å². The second kappa shape index (κ2) is 10.2. The molecule has 4 heterocycles. The summed E-state index contributed by atoms with van der Waals surface area (Å²) in [4.78, 5) is 16.7. The van der Waals surface area contributed by atoms with Crippen molar-refractivity contribution in [3.63, 3.8) is 0 Å². The Balaban J connectivity index is 1.40. The van der Waals surface area contributed by atoms with Crippen LogP contribution in [0.1, 0.15) is 26.2 Å². The summed E-state index contributed by atoms with van der Waals surface area (Å²) >= 11 is 0. The summed E-state index contributed by atoms with van der Waals surface area (Å²) in [5.74, 6) is -0.337. The molecule has 6 rings (SSSR count). The summed E-state index contributed by atoms with van der Waals surface area (Å²) < 4.78 is 29.1. The Morgan fingerprint density at radius 2 is 1.90 bits per heavy atom. The Morgan fingerprint density at radius 1 is 1.00 bits per heavy atom. The van der Waals surface area contributed by atoms with E-state index >= 15 is 4.39 Å². The highest BCUT2D eigenvalue weighted by atomic mass is 19.1. The number of imidazole rings is 1. The van der Waals surface area contributed by atoms with Gasteiger partial charge in [0.2, 0.25) is 0 Å². The van der Waals surface area contributed by atoms with E-state index in [9.17, 15) is 9.50 Å². The van der Waals surface area contributed by atoms with Crippen molar-refractivity contribution in [1.82, 2.24) is 30.1 Å². The van der Waals surface area contributed by atoms with Gasteiger partial charge in [0.05, 0.1) is 28.6 Å². The van der Waals surface area contributed by atoms with Gasteiger partial charge in [-0.1, -0.05) is 25.5 Å². The van der Waals surface area contributed by atoms with Crippen molar-refractivity contribution in [2.75, 3.05) is 5.32 Å². The van der Waals surface area contributed by atoms with Gasteiger partial charge in [0.15, 0.2) is 5.82 Å². The van der Waals surface area contributed by atoms with Gasteiger partial charge >= 0.3 is 0 Å². The predicted octanol–water partition coefficient (Wildman–Crippen LogP) is 6.43. The lowest BCUT2D eigenvalue weighted by atomic mass is 10.0. The molecule has 0 aliphatic carbocycles. The highest BCUT2D eigenvalue weighted by Gasteiger charge is 2.19. The minimum Gasteiger partial charge on any atom is -0.374 e. The molecule has 0 saturated carbocycles. The molecule has 0 saturated heterocycles. The molecule has 196 valence electrons. The van der Waals surface area contributed by atoms with E-state index in [-0.39, 0.29) is 5.82 Å². The summed E-state index contributed by atoms with van der Waals surface area (Å²) in [6.45, 7) is 2.06. The van der Waals surface area contributed by atoms with Gasteiger partial charge in [-0.05, 0) is 43.2 Å². The first-order valence-electron chi connectivity index (χ1n) is 12.7. The number of nitrogens with zero attached hydrogens (tertiary/aromatic N) is 4. The summed E-state index contributed by atoms with van der Waals surface area (Å²) in [7, 11) is 0. The smallest absolute Gasteiger partial charge is 0.159 e. The van der Waals surface area contributed by atoms with E-state index in [2.05, 4.69) is 37.4 Å². The van der Waals surface area contributed by atoms with Gasteiger partial charge in [0, 0.05) is 40.5 Å². The normalized spacial score (nSPS) is 12.3. The minimum atomic E-state index is -0.713. The molecule has 0 spiro atoms. The molecule has 1 atom stereocenters. The highest BCUT2D eigenvalue weighted by Crippen LogP contribution is 2.34. The number of halogens is 2. The number of hydrogen-bond donors (Lipinski definition) is 4. The van der Waals surface area contributed by atoms with Crippen LogP contribution in [0.3, 0.4) is 0 Å². The lowest BCUT2D eigenvalue weighted by molar-refractivity contribution is 0.190. The first kappa shape index (κ1) is 24.6.